The molecule has 4 aliphatic rings. The molecule has 5 atom stereocenters. The molecule has 20 heavy (non-hydrogen) atoms. The van der Waals surface area contributed by atoms with Gasteiger partial charge in [0.25, 0.3) is 0 Å². The van der Waals surface area contributed by atoms with Gasteiger partial charge in [0, 0.05) is 11.8 Å². The summed E-state index contributed by atoms with van der Waals surface area (Å²) in [6.45, 7) is 2.25. The molecule has 2 saturated carbocycles. The summed E-state index contributed by atoms with van der Waals surface area (Å²) >= 11 is 0. The standard InChI is InChI=1S/C19H26O/c1-2-19-12-11-15-14-6-4-3-5-13(14)7-8-16(15)17(19)9-10-18(19)20/h3,5,7,14-17H,2,4,6,8-12H2,1H3/t14-,15+,16+,17-,19-/m0/s1. The smallest absolute Gasteiger partial charge is 0.139 e. The molecular formula is C19H26O. The third-order valence-electron chi connectivity index (χ3n) is 7.09. The van der Waals surface area contributed by atoms with E-state index in [0.717, 1.165) is 30.6 Å². The van der Waals surface area contributed by atoms with Crippen LogP contribution in [0.15, 0.2) is 23.8 Å². The molecule has 0 spiro atoms. The molecule has 108 valence electrons. The van der Waals surface area contributed by atoms with E-state index in [2.05, 4.69) is 25.2 Å². The van der Waals surface area contributed by atoms with Crippen LogP contribution in [-0.2, 0) is 4.79 Å². The molecule has 0 saturated heterocycles. The maximum absolute atomic E-state index is 12.5. The lowest BCUT2D eigenvalue weighted by atomic mass is 9.52. The first-order valence-corrected chi connectivity index (χ1v) is 8.66. The minimum atomic E-state index is 0.0804. The molecule has 4 aliphatic carbocycles. The molecule has 0 aliphatic heterocycles. The summed E-state index contributed by atoms with van der Waals surface area (Å²) in [4.78, 5) is 12.5. The van der Waals surface area contributed by atoms with Crippen molar-refractivity contribution >= 4 is 5.78 Å². The van der Waals surface area contributed by atoms with Crippen molar-refractivity contribution in [2.45, 2.75) is 58.3 Å². The van der Waals surface area contributed by atoms with E-state index in [1.54, 1.807) is 5.57 Å². The van der Waals surface area contributed by atoms with Gasteiger partial charge in [-0.1, -0.05) is 25.2 Å². The Morgan fingerprint density at radius 2 is 2.15 bits per heavy atom. The van der Waals surface area contributed by atoms with Gasteiger partial charge in [-0.05, 0) is 74.2 Å². The van der Waals surface area contributed by atoms with Crippen LogP contribution in [0.3, 0.4) is 0 Å². The molecule has 0 aromatic rings. The van der Waals surface area contributed by atoms with Crippen LogP contribution in [0.2, 0.25) is 0 Å². The Hall–Kier alpha value is -0.850. The van der Waals surface area contributed by atoms with Gasteiger partial charge in [0.15, 0.2) is 0 Å². The van der Waals surface area contributed by atoms with Crippen molar-refractivity contribution in [2.24, 2.45) is 29.1 Å². The Labute approximate surface area is 122 Å². The zero-order valence-corrected chi connectivity index (χ0v) is 12.6. The van der Waals surface area contributed by atoms with Crippen molar-refractivity contribution < 1.29 is 4.79 Å². The van der Waals surface area contributed by atoms with Gasteiger partial charge in [-0.25, -0.2) is 0 Å². The molecule has 1 heteroatoms. The molecule has 0 aromatic heterocycles. The van der Waals surface area contributed by atoms with E-state index in [1.165, 1.54) is 38.5 Å². The Balaban J connectivity index is 1.69. The SMILES string of the molecule is CC[C@]12CC[C@H]3[C@@H](CC=C4C=CCC[C@@H]43)[C@@H]1CCC2=O. The Morgan fingerprint density at radius 3 is 3.00 bits per heavy atom. The zero-order chi connectivity index (χ0) is 13.7. The predicted octanol–water partition coefficient (Wildman–Crippen LogP) is 4.68. The van der Waals surface area contributed by atoms with E-state index >= 15 is 0 Å². The predicted molar refractivity (Wildman–Crippen MR) is 81.2 cm³/mol. The summed E-state index contributed by atoms with van der Waals surface area (Å²) in [7, 11) is 0. The maximum Gasteiger partial charge on any atom is 0.139 e. The molecule has 4 rings (SSSR count). The number of hydrogen-bond acceptors (Lipinski definition) is 1. The number of hydrogen-bond donors (Lipinski definition) is 0. The molecule has 0 bridgehead atoms. The van der Waals surface area contributed by atoms with Crippen LogP contribution in [0.1, 0.15) is 58.3 Å². The first-order valence-electron chi connectivity index (χ1n) is 8.66. The highest BCUT2D eigenvalue weighted by atomic mass is 16.1. The number of rotatable bonds is 1. The number of fused-ring (bicyclic) bond motifs is 5. The van der Waals surface area contributed by atoms with Crippen LogP contribution in [0.4, 0.5) is 0 Å². The third-order valence-corrected chi connectivity index (χ3v) is 7.09. The normalized spacial score (nSPS) is 46.5. The lowest BCUT2D eigenvalue weighted by Crippen LogP contribution is -2.46. The number of allylic oxidation sites excluding steroid dienone is 4. The van der Waals surface area contributed by atoms with E-state index in [1.807, 2.05) is 0 Å². The molecule has 0 N–H and O–H groups in total. The van der Waals surface area contributed by atoms with Gasteiger partial charge in [0.2, 0.25) is 0 Å². The Kier molecular flexibility index (Phi) is 2.94. The van der Waals surface area contributed by atoms with Crippen molar-refractivity contribution in [3.05, 3.63) is 23.8 Å². The van der Waals surface area contributed by atoms with Gasteiger partial charge < -0.3 is 0 Å². The molecule has 0 amide bonds. The summed E-state index contributed by atoms with van der Waals surface area (Å²) < 4.78 is 0. The lowest BCUT2D eigenvalue weighted by molar-refractivity contribution is -0.132. The van der Waals surface area contributed by atoms with E-state index in [-0.39, 0.29) is 5.41 Å². The fourth-order valence-electron chi connectivity index (χ4n) is 6.12. The number of carbonyl (C=O) groups excluding carboxylic acids is 1. The number of carbonyl (C=O) groups is 1. The van der Waals surface area contributed by atoms with Crippen LogP contribution in [-0.4, -0.2) is 5.78 Å². The second kappa shape index (κ2) is 4.58. The van der Waals surface area contributed by atoms with Gasteiger partial charge in [0.1, 0.15) is 5.78 Å². The summed E-state index contributed by atoms with van der Waals surface area (Å²) in [5.74, 6) is 3.78. The molecule has 0 unspecified atom stereocenters. The topological polar surface area (TPSA) is 17.1 Å². The fraction of sp³-hybridized carbons (Fsp3) is 0.737. The van der Waals surface area contributed by atoms with E-state index < -0.39 is 0 Å². The second-order valence-electron chi connectivity index (χ2n) is 7.47. The highest BCUT2D eigenvalue weighted by Gasteiger charge is 2.56. The zero-order valence-electron chi connectivity index (χ0n) is 12.6. The van der Waals surface area contributed by atoms with Crippen LogP contribution >= 0.6 is 0 Å². The van der Waals surface area contributed by atoms with Gasteiger partial charge >= 0.3 is 0 Å². The third kappa shape index (κ3) is 1.58. The lowest BCUT2D eigenvalue weighted by Gasteiger charge is -2.51. The second-order valence-corrected chi connectivity index (χ2v) is 7.47. The molecular weight excluding hydrogens is 244 g/mol. The maximum atomic E-state index is 12.5. The molecule has 2 fully saturated rings. The van der Waals surface area contributed by atoms with E-state index in [9.17, 15) is 4.79 Å². The summed E-state index contributed by atoms with van der Waals surface area (Å²) in [5, 5.41) is 0. The fourth-order valence-corrected chi connectivity index (χ4v) is 6.12. The Morgan fingerprint density at radius 1 is 1.25 bits per heavy atom. The van der Waals surface area contributed by atoms with Crippen LogP contribution in [0.25, 0.3) is 0 Å². The first-order chi connectivity index (χ1) is 9.76. The van der Waals surface area contributed by atoms with E-state index in [4.69, 9.17) is 0 Å². The monoisotopic (exact) mass is 270 g/mol. The van der Waals surface area contributed by atoms with Crippen molar-refractivity contribution in [1.82, 2.24) is 0 Å². The number of ketones is 1. The summed E-state index contributed by atoms with van der Waals surface area (Å²) in [5.41, 5.74) is 1.70. The van der Waals surface area contributed by atoms with Crippen molar-refractivity contribution in [3.63, 3.8) is 0 Å². The molecule has 1 nitrogen and oxygen atoms in total. The highest BCUT2D eigenvalue weighted by molar-refractivity contribution is 5.87. The molecule has 0 radical (unpaired) electrons. The summed E-state index contributed by atoms with van der Waals surface area (Å²) in [6, 6.07) is 0. The average Bonchev–Trinajstić information content (AvgIpc) is 2.85. The van der Waals surface area contributed by atoms with E-state index in [0.29, 0.717) is 11.7 Å². The minimum Gasteiger partial charge on any atom is -0.299 e. The summed E-state index contributed by atoms with van der Waals surface area (Å²) in [6.07, 6.45) is 16.7. The Bertz CT molecular complexity index is 486. The molecule has 0 aromatic carbocycles. The van der Waals surface area contributed by atoms with Gasteiger partial charge in [-0.2, -0.15) is 0 Å². The van der Waals surface area contributed by atoms with Crippen molar-refractivity contribution in [3.8, 4) is 0 Å². The van der Waals surface area contributed by atoms with Crippen LogP contribution in [0, 0.1) is 29.1 Å². The quantitative estimate of drug-likeness (QED) is 0.676. The first kappa shape index (κ1) is 12.9. The largest absolute Gasteiger partial charge is 0.299 e. The van der Waals surface area contributed by atoms with Crippen molar-refractivity contribution in [2.75, 3.05) is 0 Å². The van der Waals surface area contributed by atoms with Crippen LogP contribution < -0.4 is 0 Å². The van der Waals surface area contributed by atoms with Crippen LogP contribution in [0.5, 0.6) is 0 Å². The van der Waals surface area contributed by atoms with Gasteiger partial charge in [-0.15, -0.1) is 0 Å². The van der Waals surface area contributed by atoms with Crippen molar-refractivity contribution in [1.29, 1.82) is 0 Å². The highest BCUT2D eigenvalue weighted by Crippen LogP contribution is 2.60. The van der Waals surface area contributed by atoms with Gasteiger partial charge in [0.05, 0.1) is 0 Å². The van der Waals surface area contributed by atoms with Gasteiger partial charge in [-0.3, -0.25) is 4.79 Å². The molecule has 0 heterocycles. The average molecular weight is 270 g/mol. The number of Topliss-reactive ketones (excluding diaryl/α,β-unsaturated/α-hetero) is 1. The minimum absolute atomic E-state index is 0.0804.